The van der Waals surface area contributed by atoms with Gasteiger partial charge in [-0.3, -0.25) is 4.79 Å². The summed E-state index contributed by atoms with van der Waals surface area (Å²) in [4.78, 5) is 11.6. The number of hydrogen-bond donors (Lipinski definition) is 2. The highest BCUT2D eigenvalue weighted by atomic mass is 32.1. The second kappa shape index (κ2) is 3.07. The number of benzene rings is 1. The van der Waals surface area contributed by atoms with Crippen LogP contribution in [-0.4, -0.2) is 11.1 Å². The molecule has 0 radical (unpaired) electrons. The van der Waals surface area contributed by atoms with Crippen molar-refractivity contribution in [3.63, 3.8) is 0 Å². The lowest BCUT2D eigenvalue weighted by Crippen LogP contribution is -2.12. The van der Waals surface area contributed by atoms with Crippen molar-refractivity contribution in [2.24, 2.45) is 5.92 Å². The van der Waals surface area contributed by atoms with E-state index in [1.807, 2.05) is 18.2 Å². The van der Waals surface area contributed by atoms with Crippen LogP contribution in [0, 0.1) is 5.92 Å². The van der Waals surface area contributed by atoms with E-state index in [9.17, 15) is 4.79 Å². The van der Waals surface area contributed by atoms with Crippen molar-refractivity contribution in [1.29, 1.82) is 0 Å². The molecule has 1 N–H and O–H groups in total. The Labute approximate surface area is 82.0 Å². The van der Waals surface area contributed by atoms with Gasteiger partial charge in [-0.2, -0.15) is 0 Å². The Kier molecular flexibility index (Phi) is 2.04. The van der Waals surface area contributed by atoms with E-state index in [0.717, 1.165) is 16.0 Å². The average molecular weight is 194 g/mol. The number of carbonyl (C=O) groups is 1. The van der Waals surface area contributed by atoms with E-state index in [1.165, 1.54) is 0 Å². The normalized spacial score (nSPS) is 19.9. The lowest BCUT2D eigenvalue weighted by Gasteiger charge is -1.98. The first-order valence-electron chi connectivity index (χ1n) is 4.20. The lowest BCUT2D eigenvalue weighted by molar-refractivity contribution is -0.141. The molecule has 0 saturated carbocycles. The second-order valence-corrected chi connectivity index (χ2v) is 3.91. The topological polar surface area (TPSA) is 37.3 Å². The number of aliphatic carboxylic acids is 1. The van der Waals surface area contributed by atoms with Crippen LogP contribution in [-0.2, 0) is 17.6 Å². The molecule has 1 aromatic rings. The molecule has 2 rings (SSSR count). The maximum Gasteiger partial charge on any atom is 0.307 e. The van der Waals surface area contributed by atoms with Gasteiger partial charge in [0.25, 0.3) is 0 Å². The van der Waals surface area contributed by atoms with E-state index in [2.05, 4.69) is 12.6 Å². The Morgan fingerprint density at radius 3 is 2.77 bits per heavy atom. The SMILES string of the molecule is O=C(O)C1Cc2ccc(S)cc2C1. The molecule has 1 unspecified atom stereocenters. The van der Waals surface area contributed by atoms with Crippen molar-refractivity contribution >= 4 is 18.6 Å². The van der Waals surface area contributed by atoms with Gasteiger partial charge < -0.3 is 5.11 Å². The minimum Gasteiger partial charge on any atom is -0.481 e. The fourth-order valence-corrected chi connectivity index (χ4v) is 2.01. The smallest absolute Gasteiger partial charge is 0.307 e. The van der Waals surface area contributed by atoms with Gasteiger partial charge in [0, 0.05) is 4.90 Å². The summed E-state index contributed by atoms with van der Waals surface area (Å²) in [6.07, 6.45) is 1.32. The van der Waals surface area contributed by atoms with E-state index in [4.69, 9.17) is 5.11 Å². The van der Waals surface area contributed by atoms with Gasteiger partial charge in [0.05, 0.1) is 5.92 Å². The van der Waals surface area contributed by atoms with Gasteiger partial charge in [0.2, 0.25) is 0 Å². The predicted octanol–water partition coefficient (Wildman–Crippen LogP) is 1.77. The van der Waals surface area contributed by atoms with E-state index >= 15 is 0 Å². The summed E-state index contributed by atoms with van der Waals surface area (Å²) in [5.74, 6) is -0.929. The van der Waals surface area contributed by atoms with Crippen molar-refractivity contribution in [3.05, 3.63) is 29.3 Å². The van der Waals surface area contributed by atoms with E-state index in [0.29, 0.717) is 12.8 Å². The Hall–Kier alpha value is -0.960. The lowest BCUT2D eigenvalue weighted by atomic mass is 10.1. The Balaban J connectivity index is 2.30. The third kappa shape index (κ3) is 1.56. The molecule has 0 amide bonds. The maximum atomic E-state index is 10.7. The molecule has 2 nitrogen and oxygen atoms in total. The number of carboxylic acids is 1. The third-order valence-corrected chi connectivity index (χ3v) is 2.75. The second-order valence-electron chi connectivity index (χ2n) is 3.40. The number of thiol groups is 1. The highest BCUT2D eigenvalue weighted by molar-refractivity contribution is 7.80. The van der Waals surface area contributed by atoms with E-state index in [-0.39, 0.29) is 5.92 Å². The van der Waals surface area contributed by atoms with Gasteiger partial charge in [-0.25, -0.2) is 0 Å². The fraction of sp³-hybridized carbons (Fsp3) is 0.300. The van der Waals surface area contributed by atoms with Crippen LogP contribution < -0.4 is 0 Å². The molecule has 68 valence electrons. The van der Waals surface area contributed by atoms with E-state index < -0.39 is 5.97 Å². The van der Waals surface area contributed by atoms with E-state index in [1.54, 1.807) is 0 Å². The molecule has 0 aliphatic heterocycles. The summed E-state index contributed by atoms with van der Waals surface area (Å²) in [6.45, 7) is 0. The zero-order valence-electron chi connectivity index (χ0n) is 7.03. The number of hydrogen-bond acceptors (Lipinski definition) is 2. The fourth-order valence-electron chi connectivity index (χ4n) is 1.78. The van der Waals surface area contributed by atoms with Crippen molar-refractivity contribution in [3.8, 4) is 0 Å². The first-order valence-corrected chi connectivity index (χ1v) is 4.65. The first-order chi connectivity index (χ1) is 6.16. The molecule has 0 aromatic heterocycles. The molecule has 3 heteroatoms. The van der Waals surface area contributed by atoms with Crippen LogP contribution in [0.2, 0.25) is 0 Å². The first kappa shape index (κ1) is 8.63. The number of carboxylic acid groups (broad SMARTS) is 1. The van der Waals surface area contributed by atoms with Crippen LogP contribution in [0.4, 0.5) is 0 Å². The van der Waals surface area contributed by atoms with Crippen LogP contribution >= 0.6 is 12.6 Å². The number of rotatable bonds is 1. The van der Waals surface area contributed by atoms with Crippen molar-refractivity contribution in [2.75, 3.05) is 0 Å². The summed E-state index contributed by atoms with van der Waals surface area (Å²) in [7, 11) is 0. The van der Waals surface area contributed by atoms with Gasteiger partial charge in [-0.05, 0) is 36.1 Å². The average Bonchev–Trinajstić information content (AvgIpc) is 2.46. The summed E-state index contributed by atoms with van der Waals surface area (Å²) in [6, 6.07) is 5.84. The van der Waals surface area contributed by atoms with Gasteiger partial charge in [-0.15, -0.1) is 12.6 Å². The molecule has 1 atom stereocenters. The van der Waals surface area contributed by atoms with Crippen molar-refractivity contribution in [2.45, 2.75) is 17.7 Å². The summed E-state index contributed by atoms with van der Waals surface area (Å²) in [5, 5.41) is 8.84. The molecule has 13 heavy (non-hydrogen) atoms. The quantitative estimate of drug-likeness (QED) is 0.669. The van der Waals surface area contributed by atoms with Crippen LogP contribution in [0.3, 0.4) is 0 Å². The monoisotopic (exact) mass is 194 g/mol. The largest absolute Gasteiger partial charge is 0.481 e. The molecule has 0 bridgehead atoms. The van der Waals surface area contributed by atoms with Crippen molar-refractivity contribution < 1.29 is 9.90 Å². The summed E-state index contributed by atoms with van der Waals surface area (Å²) < 4.78 is 0. The molecule has 1 aliphatic rings. The van der Waals surface area contributed by atoms with Gasteiger partial charge in [-0.1, -0.05) is 6.07 Å². The van der Waals surface area contributed by atoms with Gasteiger partial charge in [0.15, 0.2) is 0 Å². The Morgan fingerprint density at radius 2 is 2.08 bits per heavy atom. The minimum atomic E-state index is -0.697. The Morgan fingerprint density at radius 1 is 1.38 bits per heavy atom. The summed E-state index contributed by atoms with van der Waals surface area (Å²) in [5.41, 5.74) is 2.30. The highest BCUT2D eigenvalue weighted by Crippen LogP contribution is 2.28. The zero-order chi connectivity index (χ0) is 9.42. The minimum absolute atomic E-state index is 0.231. The molecule has 0 heterocycles. The standard InChI is InChI=1S/C10H10O2S/c11-10(12)8-3-6-1-2-9(13)5-7(6)4-8/h1-2,5,8,13H,3-4H2,(H,11,12). The number of fused-ring (bicyclic) bond motifs is 1. The predicted molar refractivity (Wildman–Crippen MR) is 52.2 cm³/mol. The molecule has 0 spiro atoms. The van der Waals surface area contributed by atoms with Crippen molar-refractivity contribution in [1.82, 2.24) is 0 Å². The van der Waals surface area contributed by atoms with Gasteiger partial charge in [0.1, 0.15) is 0 Å². The maximum absolute atomic E-state index is 10.7. The zero-order valence-corrected chi connectivity index (χ0v) is 7.92. The highest BCUT2D eigenvalue weighted by Gasteiger charge is 2.26. The van der Waals surface area contributed by atoms with Gasteiger partial charge >= 0.3 is 5.97 Å². The Bertz CT molecular complexity index is 360. The molecule has 1 aromatic carbocycles. The van der Waals surface area contributed by atoms with Crippen LogP contribution in [0.5, 0.6) is 0 Å². The van der Waals surface area contributed by atoms with Crippen LogP contribution in [0.1, 0.15) is 11.1 Å². The summed E-state index contributed by atoms with van der Waals surface area (Å²) >= 11 is 4.22. The molecule has 0 saturated heterocycles. The molecular weight excluding hydrogens is 184 g/mol. The van der Waals surface area contributed by atoms with Crippen LogP contribution in [0.25, 0.3) is 0 Å². The third-order valence-electron chi connectivity index (χ3n) is 2.47. The molecular formula is C10H10O2S. The molecule has 0 fully saturated rings. The van der Waals surface area contributed by atoms with Crippen LogP contribution in [0.15, 0.2) is 23.1 Å². The molecule has 1 aliphatic carbocycles.